The van der Waals surface area contributed by atoms with Crippen molar-refractivity contribution in [3.05, 3.63) is 68.2 Å². The first-order valence-electron chi connectivity index (χ1n) is 7.90. The number of benzene rings is 2. The zero-order valence-corrected chi connectivity index (χ0v) is 15.4. The normalized spacial score (nSPS) is 18.7. The van der Waals surface area contributed by atoms with Crippen LogP contribution in [0.2, 0.25) is 0 Å². The van der Waals surface area contributed by atoms with E-state index in [1.54, 1.807) is 25.1 Å². The van der Waals surface area contributed by atoms with Crippen LogP contribution in [0.25, 0.3) is 0 Å². The number of anilines is 1. The predicted octanol–water partition coefficient (Wildman–Crippen LogP) is 3.18. The summed E-state index contributed by atoms with van der Waals surface area (Å²) in [6, 6.07) is 10.2. The zero-order valence-electron chi connectivity index (χ0n) is 13.8. The minimum absolute atomic E-state index is 0.136. The number of non-ortho nitro benzene ring substituents is 1. The zero-order chi connectivity index (χ0) is 19.1. The first kappa shape index (κ1) is 18.2. The number of hydrogen-bond acceptors (Lipinski definition) is 5. The Kier molecular flexibility index (Phi) is 4.64. The van der Waals surface area contributed by atoms with Gasteiger partial charge in [0.1, 0.15) is 0 Å². The van der Waals surface area contributed by atoms with E-state index in [0.29, 0.717) is 22.3 Å². The van der Waals surface area contributed by atoms with Crippen molar-refractivity contribution in [2.75, 3.05) is 11.4 Å². The van der Waals surface area contributed by atoms with E-state index in [9.17, 15) is 24.8 Å². The number of hydrogen-bond donors (Lipinski definition) is 1. The van der Waals surface area contributed by atoms with Crippen LogP contribution >= 0.6 is 15.9 Å². The second-order valence-electron chi connectivity index (χ2n) is 5.98. The van der Waals surface area contributed by atoms with Gasteiger partial charge in [-0.1, -0.05) is 15.9 Å². The molecule has 2 aromatic carbocycles. The van der Waals surface area contributed by atoms with Crippen molar-refractivity contribution in [1.29, 1.82) is 0 Å². The van der Waals surface area contributed by atoms with Crippen LogP contribution in [0, 0.1) is 10.1 Å². The quantitative estimate of drug-likeness (QED) is 0.456. The number of carbonyl (C=O) groups excluding carboxylic acids is 2. The summed E-state index contributed by atoms with van der Waals surface area (Å²) in [5, 5.41) is 21.8. The van der Waals surface area contributed by atoms with Crippen molar-refractivity contribution in [1.82, 2.24) is 0 Å². The predicted molar refractivity (Wildman–Crippen MR) is 98.1 cm³/mol. The lowest BCUT2D eigenvalue weighted by molar-refractivity contribution is -0.384. The number of fused-ring (bicyclic) bond motifs is 1. The van der Waals surface area contributed by atoms with Gasteiger partial charge in [0.15, 0.2) is 11.4 Å². The minimum atomic E-state index is -1.96. The minimum Gasteiger partial charge on any atom is -0.375 e. The van der Waals surface area contributed by atoms with E-state index in [0.717, 1.165) is 0 Å². The molecule has 1 aliphatic heterocycles. The monoisotopic (exact) mass is 418 g/mol. The number of rotatable bonds is 5. The van der Waals surface area contributed by atoms with E-state index < -0.39 is 28.6 Å². The molecule has 1 atom stereocenters. The Hall–Kier alpha value is -2.58. The molecule has 0 spiro atoms. The maximum Gasteiger partial charge on any atom is 0.269 e. The summed E-state index contributed by atoms with van der Waals surface area (Å²) in [5.41, 5.74) is -0.964. The number of nitro groups is 1. The molecule has 3 rings (SSSR count). The molecule has 0 aliphatic carbocycles. The van der Waals surface area contributed by atoms with Crippen LogP contribution in [0.4, 0.5) is 11.4 Å². The summed E-state index contributed by atoms with van der Waals surface area (Å²) in [7, 11) is 0. The average molecular weight is 419 g/mol. The summed E-state index contributed by atoms with van der Waals surface area (Å²) in [5.74, 6) is -1.03. The van der Waals surface area contributed by atoms with E-state index in [4.69, 9.17) is 0 Å². The van der Waals surface area contributed by atoms with Crippen LogP contribution in [-0.4, -0.2) is 28.3 Å². The average Bonchev–Trinajstić information content (AvgIpc) is 2.82. The van der Waals surface area contributed by atoms with Gasteiger partial charge in [0, 0.05) is 34.3 Å². The molecule has 1 aliphatic rings. The highest BCUT2D eigenvalue weighted by Gasteiger charge is 2.50. The molecule has 0 unspecified atom stereocenters. The van der Waals surface area contributed by atoms with Crippen molar-refractivity contribution in [3.63, 3.8) is 0 Å². The number of halogens is 1. The fourth-order valence-corrected chi connectivity index (χ4v) is 3.47. The number of amides is 1. The molecule has 26 heavy (non-hydrogen) atoms. The molecule has 8 heteroatoms. The lowest BCUT2D eigenvalue weighted by Crippen LogP contribution is -2.41. The third kappa shape index (κ3) is 2.91. The molecule has 1 amide bonds. The number of carbonyl (C=O) groups is 2. The van der Waals surface area contributed by atoms with Crippen LogP contribution in [-0.2, 0) is 10.4 Å². The Morgan fingerprint density at radius 3 is 2.50 bits per heavy atom. The van der Waals surface area contributed by atoms with Gasteiger partial charge < -0.3 is 10.0 Å². The summed E-state index contributed by atoms with van der Waals surface area (Å²) >= 11 is 3.32. The van der Waals surface area contributed by atoms with Gasteiger partial charge in [0.2, 0.25) is 0 Å². The molecule has 2 aromatic rings. The molecule has 0 saturated heterocycles. The second kappa shape index (κ2) is 6.62. The van der Waals surface area contributed by atoms with Crippen LogP contribution in [0.1, 0.15) is 29.3 Å². The molecule has 134 valence electrons. The highest BCUT2D eigenvalue weighted by Crippen LogP contribution is 2.44. The SMILES string of the molecule is CCN1C(=O)[C@@](O)(CC(=O)c2ccc([N+](=O)[O-])cc2)c2cc(Br)ccc21. The van der Waals surface area contributed by atoms with Gasteiger partial charge in [0.05, 0.1) is 17.0 Å². The van der Waals surface area contributed by atoms with Crippen molar-refractivity contribution in [2.45, 2.75) is 18.9 Å². The van der Waals surface area contributed by atoms with Gasteiger partial charge in [-0.15, -0.1) is 0 Å². The largest absolute Gasteiger partial charge is 0.375 e. The summed E-state index contributed by atoms with van der Waals surface area (Å²) in [6.45, 7) is 2.15. The molecule has 0 radical (unpaired) electrons. The van der Waals surface area contributed by atoms with Crippen LogP contribution in [0.3, 0.4) is 0 Å². The number of Topliss-reactive ketones (excluding diaryl/α,β-unsaturated/α-hetero) is 1. The van der Waals surface area contributed by atoms with Crippen LogP contribution in [0.15, 0.2) is 46.9 Å². The third-order valence-corrected chi connectivity index (χ3v) is 4.92. The number of likely N-dealkylation sites (N-methyl/N-ethyl adjacent to an activating group) is 1. The highest BCUT2D eigenvalue weighted by atomic mass is 79.9. The van der Waals surface area contributed by atoms with Crippen molar-refractivity contribution < 1.29 is 19.6 Å². The first-order chi connectivity index (χ1) is 12.3. The lowest BCUT2D eigenvalue weighted by Gasteiger charge is -2.22. The second-order valence-corrected chi connectivity index (χ2v) is 6.89. The lowest BCUT2D eigenvalue weighted by atomic mass is 9.88. The Bertz CT molecular complexity index is 912. The highest BCUT2D eigenvalue weighted by molar-refractivity contribution is 9.10. The summed E-state index contributed by atoms with van der Waals surface area (Å²) in [4.78, 5) is 37.0. The molecule has 1 heterocycles. The fraction of sp³-hybridized carbons (Fsp3) is 0.222. The fourth-order valence-electron chi connectivity index (χ4n) is 3.11. The van der Waals surface area contributed by atoms with Crippen molar-refractivity contribution in [3.8, 4) is 0 Å². The maximum absolute atomic E-state index is 12.8. The number of nitro benzene ring substituents is 1. The molecular weight excluding hydrogens is 404 g/mol. The number of ketones is 1. The first-order valence-corrected chi connectivity index (χ1v) is 8.69. The van der Waals surface area contributed by atoms with Gasteiger partial charge in [-0.05, 0) is 37.3 Å². The standard InChI is InChI=1S/C18H15BrN2O5/c1-2-20-15-8-5-12(19)9-14(15)18(24,17(20)23)10-16(22)11-3-6-13(7-4-11)21(25)26/h3-9,24H,2,10H2,1H3/t18-/m1/s1. The van der Waals surface area contributed by atoms with E-state index in [1.807, 2.05) is 0 Å². The van der Waals surface area contributed by atoms with E-state index >= 15 is 0 Å². The molecule has 7 nitrogen and oxygen atoms in total. The van der Waals surface area contributed by atoms with E-state index in [-0.39, 0.29) is 11.3 Å². The summed E-state index contributed by atoms with van der Waals surface area (Å²) in [6.07, 6.45) is -0.441. The van der Waals surface area contributed by atoms with E-state index in [2.05, 4.69) is 15.9 Å². The van der Waals surface area contributed by atoms with Gasteiger partial charge in [-0.25, -0.2) is 0 Å². The van der Waals surface area contributed by atoms with Gasteiger partial charge >= 0.3 is 0 Å². The molecule has 1 N–H and O–H groups in total. The molecular formula is C18H15BrN2O5. The summed E-state index contributed by atoms with van der Waals surface area (Å²) < 4.78 is 0.684. The molecule has 0 fully saturated rings. The van der Waals surface area contributed by atoms with Crippen molar-refractivity contribution >= 4 is 39.0 Å². The molecule has 0 saturated carbocycles. The van der Waals surface area contributed by atoms with Crippen molar-refractivity contribution in [2.24, 2.45) is 0 Å². The smallest absolute Gasteiger partial charge is 0.269 e. The van der Waals surface area contributed by atoms with E-state index in [1.165, 1.54) is 29.2 Å². The van der Waals surface area contributed by atoms with Gasteiger partial charge in [-0.2, -0.15) is 0 Å². The van der Waals surface area contributed by atoms with Crippen LogP contribution < -0.4 is 4.90 Å². The van der Waals surface area contributed by atoms with Gasteiger partial charge in [-0.3, -0.25) is 19.7 Å². The maximum atomic E-state index is 12.8. The number of nitrogens with zero attached hydrogens (tertiary/aromatic N) is 2. The number of aliphatic hydroxyl groups is 1. The molecule has 0 aromatic heterocycles. The molecule has 0 bridgehead atoms. The Balaban J connectivity index is 1.95. The van der Waals surface area contributed by atoms with Crippen LogP contribution in [0.5, 0.6) is 0 Å². The Morgan fingerprint density at radius 1 is 1.27 bits per heavy atom. The third-order valence-electron chi connectivity index (χ3n) is 4.43. The van der Waals surface area contributed by atoms with Gasteiger partial charge in [0.25, 0.3) is 11.6 Å². The topological polar surface area (TPSA) is 101 Å². The Morgan fingerprint density at radius 2 is 1.92 bits per heavy atom. The Labute approximate surface area is 157 Å².